The van der Waals surface area contributed by atoms with Gasteiger partial charge in [0.1, 0.15) is 0 Å². The molecular formula is C22H28ClN3O. The van der Waals surface area contributed by atoms with Crippen LogP contribution in [-0.4, -0.2) is 36.0 Å². The first-order valence-electron chi connectivity index (χ1n) is 9.65. The van der Waals surface area contributed by atoms with Crippen molar-refractivity contribution in [2.45, 2.75) is 45.3 Å². The molecule has 2 aromatic rings. The summed E-state index contributed by atoms with van der Waals surface area (Å²) in [5, 5.41) is 7.05. The van der Waals surface area contributed by atoms with Gasteiger partial charge in [0.05, 0.1) is 10.6 Å². The summed E-state index contributed by atoms with van der Waals surface area (Å²) in [7, 11) is 0. The molecule has 4 nitrogen and oxygen atoms in total. The van der Waals surface area contributed by atoms with Crippen LogP contribution < -0.4 is 10.6 Å². The Balaban J connectivity index is 1.53. The van der Waals surface area contributed by atoms with Crippen LogP contribution in [0.4, 0.5) is 5.69 Å². The zero-order valence-electron chi connectivity index (χ0n) is 16.0. The SMILES string of the molecule is CC(C)N1CCC(NCc2cccc(NC(=O)c3ccccc3Cl)c2)CC1. The van der Waals surface area contributed by atoms with Crippen molar-refractivity contribution in [2.75, 3.05) is 18.4 Å². The predicted octanol–water partition coefficient (Wildman–Crippen LogP) is 4.55. The van der Waals surface area contributed by atoms with E-state index in [4.69, 9.17) is 11.6 Å². The second-order valence-corrected chi connectivity index (χ2v) is 7.83. The summed E-state index contributed by atoms with van der Waals surface area (Å²) in [6.07, 6.45) is 2.36. The molecule has 0 aromatic heterocycles. The molecule has 2 aromatic carbocycles. The standard InChI is InChI=1S/C22H28ClN3O/c1-16(2)26-12-10-18(11-13-26)24-15-17-6-5-7-19(14-17)25-22(27)20-8-3-4-9-21(20)23/h3-9,14,16,18,24H,10-13,15H2,1-2H3,(H,25,27). The van der Waals surface area contributed by atoms with Crippen LogP contribution in [0, 0.1) is 0 Å². The van der Waals surface area contributed by atoms with E-state index in [-0.39, 0.29) is 5.91 Å². The molecule has 0 bridgehead atoms. The Labute approximate surface area is 166 Å². The average molecular weight is 386 g/mol. The number of hydrogen-bond donors (Lipinski definition) is 2. The first kappa shape index (κ1) is 19.9. The zero-order valence-corrected chi connectivity index (χ0v) is 16.8. The third kappa shape index (κ3) is 5.55. The summed E-state index contributed by atoms with van der Waals surface area (Å²) in [5.41, 5.74) is 2.44. The largest absolute Gasteiger partial charge is 0.322 e. The summed E-state index contributed by atoms with van der Waals surface area (Å²) in [4.78, 5) is 15.0. The molecule has 1 heterocycles. The molecule has 1 aliphatic rings. The fraction of sp³-hybridized carbons (Fsp3) is 0.409. The highest BCUT2D eigenvalue weighted by Gasteiger charge is 2.20. The van der Waals surface area contributed by atoms with Crippen LogP contribution in [0.1, 0.15) is 42.6 Å². The monoisotopic (exact) mass is 385 g/mol. The summed E-state index contributed by atoms with van der Waals surface area (Å²) in [5.74, 6) is -0.188. The van der Waals surface area contributed by atoms with Crippen LogP contribution >= 0.6 is 11.6 Å². The van der Waals surface area contributed by atoms with Crippen molar-refractivity contribution in [2.24, 2.45) is 0 Å². The molecule has 27 heavy (non-hydrogen) atoms. The number of carbonyl (C=O) groups is 1. The predicted molar refractivity (Wildman–Crippen MR) is 112 cm³/mol. The lowest BCUT2D eigenvalue weighted by Gasteiger charge is -2.35. The molecule has 0 aliphatic carbocycles. The van der Waals surface area contributed by atoms with E-state index in [1.807, 2.05) is 30.3 Å². The minimum absolute atomic E-state index is 0.188. The van der Waals surface area contributed by atoms with E-state index in [0.29, 0.717) is 22.7 Å². The Morgan fingerprint density at radius 1 is 1.15 bits per heavy atom. The number of anilines is 1. The average Bonchev–Trinajstić information content (AvgIpc) is 2.67. The van der Waals surface area contributed by atoms with Crippen molar-refractivity contribution in [3.05, 3.63) is 64.7 Å². The van der Waals surface area contributed by atoms with Crippen molar-refractivity contribution < 1.29 is 4.79 Å². The van der Waals surface area contributed by atoms with Gasteiger partial charge in [0.25, 0.3) is 5.91 Å². The van der Waals surface area contributed by atoms with Crippen LogP contribution in [0.5, 0.6) is 0 Å². The van der Waals surface area contributed by atoms with Crippen LogP contribution in [0.2, 0.25) is 5.02 Å². The molecule has 0 saturated carbocycles. The Bertz CT molecular complexity index is 770. The van der Waals surface area contributed by atoms with Crippen LogP contribution in [0.3, 0.4) is 0 Å². The molecular weight excluding hydrogens is 358 g/mol. The molecule has 2 N–H and O–H groups in total. The second-order valence-electron chi connectivity index (χ2n) is 7.42. The molecule has 1 aliphatic heterocycles. The maximum atomic E-state index is 12.4. The fourth-order valence-corrected chi connectivity index (χ4v) is 3.71. The molecule has 1 fully saturated rings. The molecule has 3 rings (SSSR count). The Morgan fingerprint density at radius 3 is 2.59 bits per heavy atom. The molecule has 1 saturated heterocycles. The van der Waals surface area contributed by atoms with Crippen molar-refractivity contribution >= 4 is 23.2 Å². The number of nitrogens with one attached hydrogen (secondary N) is 2. The topological polar surface area (TPSA) is 44.4 Å². The van der Waals surface area contributed by atoms with Gasteiger partial charge in [0.15, 0.2) is 0 Å². The first-order chi connectivity index (χ1) is 13.0. The van der Waals surface area contributed by atoms with Gasteiger partial charge in [0, 0.05) is 24.3 Å². The summed E-state index contributed by atoms with van der Waals surface area (Å²) < 4.78 is 0. The molecule has 0 radical (unpaired) electrons. The smallest absolute Gasteiger partial charge is 0.257 e. The number of halogens is 1. The van der Waals surface area contributed by atoms with Gasteiger partial charge in [-0.1, -0.05) is 35.9 Å². The summed E-state index contributed by atoms with van der Waals surface area (Å²) in [6, 6.07) is 16.2. The maximum Gasteiger partial charge on any atom is 0.257 e. The first-order valence-corrected chi connectivity index (χ1v) is 10.0. The Hall–Kier alpha value is -1.88. The third-order valence-corrected chi connectivity index (χ3v) is 5.49. The van der Waals surface area contributed by atoms with E-state index in [1.54, 1.807) is 12.1 Å². The molecule has 1 amide bonds. The highest BCUT2D eigenvalue weighted by molar-refractivity contribution is 6.34. The second kappa shape index (κ2) is 9.36. The van der Waals surface area contributed by atoms with Gasteiger partial charge < -0.3 is 15.5 Å². The van der Waals surface area contributed by atoms with Gasteiger partial charge in [-0.3, -0.25) is 4.79 Å². The number of amides is 1. The van der Waals surface area contributed by atoms with Crippen molar-refractivity contribution in [1.29, 1.82) is 0 Å². The lowest BCUT2D eigenvalue weighted by atomic mass is 10.0. The number of rotatable bonds is 6. The van der Waals surface area contributed by atoms with Gasteiger partial charge in [-0.25, -0.2) is 0 Å². The maximum absolute atomic E-state index is 12.4. The number of hydrogen-bond acceptors (Lipinski definition) is 3. The minimum Gasteiger partial charge on any atom is -0.322 e. The number of carbonyl (C=O) groups excluding carboxylic acids is 1. The molecule has 5 heteroatoms. The van der Waals surface area contributed by atoms with E-state index in [2.05, 4.69) is 35.4 Å². The summed E-state index contributed by atoms with van der Waals surface area (Å²) >= 11 is 6.11. The molecule has 0 unspecified atom stereocenters. The fourth-order valence-electron chi connectivity index (χ4n) is 3.48. The third-order valence-electron chi connectivity index (χ3n) is 5.16. The van der Waals surface area contributed by atoms with Gasteiger partial charge in [-0.05, 0) is 69.6 Å². The van der Waals surface area contributed by atoms with E-state index < -0.39 is 0 Å². The van der Waals surface area contributed by atoms with Gasteiger partial charge in [0.2, 0.25) is 0 Å². The van der Waals surface area contributed by atoms with Gasteiger partial charge in [-0.15, -0.1) is 0 Å². The number of likely N-dealkylation sites (tertiary alicyclic amines) is 1. The van der Waals surface area contributed by atoms with Crippen molar-refractivity contribution in [1.82, 2.24) is 10.2 Å². The zero-order chi connectivity index (χ0) is 19.2. The van der Waals surface area contributed by atoms with Gasteiger partial charge >= 0.3 is 0 Å². The van der Waals surface area contributed by atoms with Gasteiger partial charge in [-0.2, -0.15) is 0 Å². The van der Waals surface area contributed by atoms with E-state index >= 15 is 0 Å². The van der Waals surface area contributed by atoms with Crippen LogP contribution in [-0.2, 0) is 6.54 Å². The lowest BCUT2D eigenvalue weighted by Crippen LogP contribution is -2.44. The van der Waals surface area contributed by atoms with Crippen LogP contribution in [0.15, 0.2) is 48.5 Å². The normalized spacial score (nSPS) is 15.9. The highest BCUT2D eigenvalue weighted by Crippen LogP contribution is 2.18. The molecule has 0 atom stereocenters. The molecule has 0 spiro atoms. The van der Waals surface area contributed by atoms with E-state index in [0.717, 1.165) is 25.3 Å². The van der Waals surface area contributed by atoms with Crippen molar-refractivity contribution in [3.8, 4) is 0 Å². The molecule has 144 valence electrons. The highest BCUT2D eigenvalue weighted by atomic mass is 35.5. The van der Waals surface area contributed by atoms with E-state index in [1.165, 1.54) is 18.4 Å². The minimum atomic E-state index is -0.188. The number of nitrogens with zero attached hydrogens (tertiary/aromatic N) is 1. The van der Waals surface area contributed by atoms with E-state index in [9.17, 15) is 4.79 Å². The summed E-state index contributed by atoms with van der Waals surface area (Å²) in [6.45, 7) is 7.64. The Morgan fingerprint density at radius 2 is 1.89 bits per heavy atom. The lowest BCUT2D eigenvalue weighted by molar-refractivity contribution is 0.102. The quantitative estimate of drug-likeness (QED) is 0.766. The van der Waals surface area contributed by atoms with Crippen LogP contribution in [0.25, 0.3) is 0 Å². The number of benzene rings is 2. The van der Waals surface area contributed by atoms with Crippen molar-refractivity contribution in [3.63, 3.8) is 0 Å². The Kier molecular flexibility index (Phi) is 6.89. The number of piperidine rings is 1.